The van der Waals surface area contributed by atoms with Crippen molar-refractivity contribution in [2.24, 2.45) is 0 Å². The molecule has 1 amide bonds. The first kappa shape index (κ1) is 20.0. The van der Waals surface area contributed by atoms with Crippen molar-refractivity contribution in [1.82, 2.24) is 14.5 Å². The Morgan fingerprint density at radius 1 is 1.19 bits per heavy atom. The van der Waals surface area contributed by atoms with Gasteiger partial charge < -0.3 is 9.47 Å². The van der Waals surface area contributed by atoms with E-state index >= 15 is 0 Å². The van der Waals surface area contributed by atoms with E-state index in [1.54, 1.807) is 23.5 Å². The predicted molar refractivity (Wildman–Crippen MR) is 122 cm³/mol. The Morgan fingerprint density at radius 3 is 2.77 bits per heavy atom. The predicted octanol–water partition coefficient (Wildman–Crippen LogP) is 5.22. The van der Waals surface area contributed by atoms with Crippen molar-refractivity contribution < 1.29 is 9.72 Å². The molecule has 158 valence electrons. The highest BCUT2D eigenvalue weighted by Crippen LogP contribution is 2.34. The average molecular weight is 455 g/mol. The number of nitro benzene ring substituents is 1. The summed E-state index contributed by atoms with van der Waals surface area (Å²) in [6, 6.07) is 12.3. The van der Waals surface area contributed by atoms with Gasteiger partial charge in [-0.05, 0) is 43.2 Å². The molecular weight excluding hydrogens is 436 g/mol. The molecule has 0 atom stereocenters. The fourth-order valence-corrected chi connectivity index (χ4v) is 5.44. The molecule has 1 aliphatic rings. The lowest BCUT2D eigenvalue weighted by molar-refractivity contribution is -0.384. The molecule has 2 aromatic heterocycles. The van der Waals surface area contributed by atoms with Gasteiger partial charge in [0.1, 0.15) is 6.54 Å². The van der Waals surface area contributed by atoms with Crippen molar-refractivity contribution in [3.63, 3.8) is 0 Å². The minimum Gasteiger partial charge on any atom is -0.341 e. The fourth-order valence-electron chi connectivity index (χ4n) is 4.15. The van der Waals surface area contributed by atoms with E-state index in [2.05, 4.69) is 0 Å². The summed E-state index contributed by atoms with van der Waals surface area (Å²) in [5.74, 6) is 0.415. The second-order valence-electron chi connectivity index (χ2n) is 7.76. The zero-order valence-electron chi connectivity index (χ0n) is 16.5. The lowest BCUT2D eigenvalue weighted by Crippen LogP contribution is -2.39. The summed E-state index contributed by atoms with van der Waals surface area (Å²) in [5.41, 5.74) is 1.81. The van der Waals surface area contributed by atoms with Crippen molar-refractivity contribution in [1.29, 1.82) is 0 Å². The largest absolute Gasteiger partial charge is 0.341 e. The first-order valence-electron chi connectivity index (χ1n) is 10.0. The summed E-state index contributed by atoms with van der Waals surface area (Å²) in [6.45, 7) is 1.63. The minimum absolute atomic E-state index is 0.0516. The van der Waals surface area contributed by atoms with E-state index in [0.717, 1.165) is 39.0 Å². The van der Waals surface area contributed by atoms with Gasteiger partial charge in [0, 0.05) is 53.3 Å². The maximum absolute atomic E-state index is 12.9. The molecule has 7 nitrogen and oxygen atoms in total. The number of nitro groups is 1. The number of piperidine rings is 1. The molecule has 0 N–H and O–H groups in total. The van der Waals surface area contributed by atoms with Crippen molar-refractivity contribution in [2.45, 2.75) is 25.3 Å². The van der Waals surface area contributed by atoms with Crippen LogP contribution in [0.1, 0.15) is 23.8 Å². The maximum atomic E-state index is 12.9. The van der Waals surface area contributed by atoms with Gasteiger partial charge in [0.2, 0.25) is 5.91 Å². The van der Waals surface area contributed by atoms with Crippen molar-refractivity contribution in [3.8, 4) is 0 Å². The lowest BCUT2D eigenvalue weighted by atomic mass is 9.97. The number of thiazole rings is 1. The fraction of sp³-hybridized carbons (Fsp3) is 0.273. The summed E-state index contributed by atoms with van der Waals surface area (Å²) in [7, 11) is 0. The molecule has 1 aliphatic heterocycles. The Balaban J connectivity index is 1.24. The SMILES string of the molecule is O=C(Cn1ccc2cc([N+](=O)[O-])ccc21)N1CCC(c2nc3cc(Cl)ccc3s2)CC1. The highest BCUT2D eigenvalue weighted by molar-refractivity contribution is 7.18. The number of halogens is 1. The second-order valence-corrected chi connectivity index (χ2v) is 9.26. The number of carbonyl (C=O) groups is 1. The third-order valence-corrected chi connectivity index (χ3v) is 7.27. The van der Waals surface area contributed by atoms with Crippen LogP contribution in [0.2, 0.25) is 5.02 Å². The first-order valence-corrected chi connectivity index (χ1v) is 11.2. The van der Waals surface area contributed by atoms with Crippen LogP contribution in [0.4, 0.5) is 5.69 Å². The number of non-ortho nitro benzene ring substituents is 1. The smallest absolute Gasteiger partial charge is 0.270 e. The van der Waals surface area contributed by atoms with Crippen LogP contribution >= 0.6 is 22.9 Å². The number of amides is 1. The molecule has 4 aromatic rings. The highest BCUT2D eigenvalue weighted by Gasteiger charge is 2.26. The molecule has 0 radical (unpaired) electrons. The number of benzene rings is 2. The zero-order chi connectivity index (χ0) is 21.5. The van der Waals surface area contributed by atoms with Crippen LogP contribution in [0.5, 0.6) is 0 Å². The Bertz CT molecular complexity index is 1310. The van der Waals surface area contributed by atoms with Crippen molar-refractivity contribution in [2.75, 3.05) is 13.1 Å². The van der Waals surface area contributed by atoms with E-state index in [9.17, 15) is 14.9 Å². The molecule has 2 aromatic carbocycles. The number of carbonyl (C=O) groups excluding carboxylic acids is 1. The monoisotopic (exact) mass is 454 g/mol. The molecule has 0 spiro atoms. The van der Waals surface area contributed by atoms with Gasteiger partial charge in [-0.2, -0.15) is 0 Å². The number of aromatic nitrogens is 2. The summed E-state index contributed by atoms with van der Waals surface area (Å²) in [5, 5.41) is 13.5. The number of likely N-dealkylation sites (tertiary alicyclic amines) is 1. The third-order valence-electron chi connectivity index (χ3n) is 5.83. The molecule has 0 saturated carbocycles. The Morgan fingerprint density at radius 2 is 2.00 bits per heavy atom. The third kappa shape index (κ3) is 3.88. The molecule has 9 heteroatoms. The van der Waals surface area contributed by atoms with E-state index in [1.807, 2.05) is 33.9 Å². The van der Waals surface area contributed by atoms with Gasteiger partial charge in [-0.25, -0.2) is 4.98 Å². The van der Waals surface area contributed by atoms with Crippen LogP contribution in [-0.2, 0) is 11.3 Å². The van der Waals surface area contributed by atoms with E-state index < -0.39 is 4.92 Å². The standard InChI is InChI=1S/C22H19ClN4O3S/c23-16-1-4-20-18(12-16)24-22(31-20)14-5-8-25(9-6-14)21(28)13-26-10-7-15-11-17(27(29)30)2-3-19(15)26/h1-4,7,10-12,14H,5-6,8-9,13H2. The maximum Gasteiger partial charge on any atom is 0.270 e. The van der Waals surface area contributed by atoms with Crippen molar-refractivity contribution in [3.05, 3.63) is 68.8 Å². The van der Waals surface area contributed by atoms with E-state index in [4.69, 9.17) is 16.6 Å². The van der Waals surface area contributed by atoms with E-state index in [0.29, 0.717) is 24.0 Å². The van der Waals surface area contributed by atoms with Gasteiger partial charge in [0.25, 0.3) is 5.69 Å². The van der Waals surface area contributed by atoms with E-state index in [1.165, 1.54) is 12.1 Å². The average Bonchev–Trinajstić information content (AvgIpc) is 3.37. The molecule has 0 aliphatic carbocycles. The minimum atomic E-state index is -0.411. The lowest BCUT2D eigenvalue weighted by Gasteiger charge is -2.31. The van der Waals surface area contributed by atoms with Crippen LogP contribution in [-0.4, -0.2) is 38.4 Å². The van der Waals surface area contributed by atoms with Gasteiger partial charge in [-0.15, -0.1) is 11.3 Å². The topological polar surface area (TPSA) is 81.3 Å². The molecular formula is C22H19ClN4O3S. The van der Waals surface area contributed by atoms with Gasteiger partial charge in [-0.3, -0.25) is 14.9 Å². The van der Waals surface area contributed by atoms with Gasteiger partial charge in [0.15, 0.2) is 0 Å². The van der Waals surface area contributed by atoms with Gasteiger partial charge >= 0.3 is 0 Å². The van der Waals surface area contributed by atoms with Crippen LogP contribution in [0.3, 0.4) is 0 Å². The van der Waals surface area contributed by atoms with Crippen molar-refractivity contribution >= 4 is 55.7 Å². The van der Waals surface area contributed by atoms with Crippen LogP contribution in [0.25, 0.3) is 21.1 Å². The Hall–Kier alpha value is -2.97. The summed E-state index contributed by atoms with van der Waals surface area (Å²) in [4.78, 5) is 30.1. The zero-order valence-corrected chi connectivity index (χ0v) is 18.1. The Kier molecular flexibility index (Phi) is 5.11. The van der Waals surface area contributed by atoms with Gasteiger partial charge in [-0.1, -0.05) is 11.6 Å². The second kappa shape index (κ2) is 7.94. The highest BCUT2D eigenvalue weighted by atomic mass is 35.5. The van der Waals surface area contributed by atoms with E-state index in [-0.39, 0.29) is 18.1 Å². The number of nitrogens with zero attached hydrogens (tertiary/aromatic N) is 4. The van der Waals surface area contributed by atoms with Crippen LogP contribution < -0.4 is 0 Å². The van der Waals surface area contributed by atoms with Crippen LogP contribution in [0.15, 0.2) is 48.7 Å². The molecule has 5 rings (SSSR count). The summed E-state index contributed by atoms with van der Waals surface area (Å²) in [6.07, 6.45) is 3.58. The summed E-state index contributed by atoms with van der Waals surface area (Å²) < 4.78 is 2.99. The quantitative estimate of drug-likeness (QED) is 0.312. The van der Waals surface area contributed by atoms with Gasteiger partial charge in [0.05, 0.1) is 20.1 Å². The molecule has 0 bridgehead atoms. The summed E-state index contributed by atoms with van der Waals surface area (Å²) >= 11 is 7.78. The molecule has 1 saturated heterocycles. The number of rotatable bonds is 4. The number of hydrogen-bond donors (Lipinski definition) is 0. The molecule has 0 unspecified atom stereocenters. The number of fused-ring (bicyclic) bond motifs is 2. The normalized spacial score (nSPS) is 15.1. The molecule has 3 heterocycles. The first-order chi connectivity index (χ1) is 15.0. The molecule has 31 heavy (non-hydrogen) atoms. The molecule has 1 fully saturated rings. The number of hydrogen-bond acceptors (Lipinski definition) is 5. The Labute approximate surface area is 187 Å². The van der Waals surface area contributed by atoms with Crippen LogP contribution in [0, 0.1) is 10.1 Å².